The smallest absolute Gasteiger partial charge is 0.264 e. The van der Waals surface area contributed by atoms with E-state index in [4.69, 9.17) is 9.47 Å². The monoisotopic (exact) mass is 769 g/mol. The molecular formula is C43H55N5O6S. The summed E-state index contributed by atoms with van der Waals surface area (Å²) in [6.07, 6.45) is 13.1. The molecule has 0 bridgehead atoms. The van der Waals surface area contributed by atoms with E-state index in [0.717, 1.165) is 84.1 Å². The number of aryl methyl sites for hydroxylation is 1. The van der Waals surface area contributed by atoms with Crippen LogP contribution < -0.4 is 9.46 Å². The summed E-state index contributed by atoms with van der Waals surface area (Å²) in [6, 6.07) is 13.6. The first-order chi connectivity index (χ1) is 26.6. The van der Waals surface area contributed by atoms with Gasteiger partial charge >= 0.3 is 0 Å². The maximum Gasteiger partial charge on any atom is 0.264 e. The lowest BCUT2D eigenvalue weighted by atomic mass is 9.81. The number of hydrogen-bond donors (Lipinski definition) is 1. The Bertz CT molecular complexity index is 2170. The van der Waals surface area contributed by atoms with Crippen molar-refractivity contribution in [2.24, 2.45) is 7.05 Å². The molecule has 7 rings (SSSR count). The number of nitrogens with zero attached hydrogens (tertiary/aromatic N) is 4. The van der Waals surface area contributed by atoms with Crippen LogP contribution in [0.2, 0.25) is 0 Å². The molecule has 2 amide bonds. The third-order valence-electron chi connectivity index (χ3n) is 12.0. The Balaban J connectivity index is 1.38. The molecule has 12 heteroatoms. The predicted molar refractivity (Wildman–Crippen MR) is 216 cm³/mol. The van der Waals surface area contributed by atoms with Crippen molar-refractivity contribution in [2.45, 2.75) is 115 Å². The van der Waals surface area contributed by atoms with Crippen molar-refractivity contribution in [1.82, 2.24) is 24.0 Å². The Morgan fingerprint density at radius 2 is 1.76 bits per heavy atom. The first-order valence-corrected chi connectivity index (χ1v) is 21.5. The summed E-state index contributed by atoms with van der Waals surface area (Å²) in [4.78, 5) is 30.2. The molecule has 2 saturated carbocycles. The lowest BCUT2D eigenvalue weighted by Crippen LogP contribution is -2.53. The average molecular weight is 770 g/mol. The van der Waals surface area contributed by atoms with Gasteiger partial charge in [0.25, 0.3) is 11.8 Å². The van der Waals surface area contributed by atoms with Crippen LogP contribution in [0.25, 0.3) is 27.7 Å². The topological polar surface area (TPSA) is 125 Å². The molecule has 1 saturated heterocycles. The molecule has 3 fully saturated rings. The molecule has 2 aliphatic carbocycles. The Morgan fingerprint density at radius 1 is 1.02 bits per heavy atom. The fourth-order valence-corrected chi connectivity index (χ4v) is 10.4. The maximum atomic E-state index is 14.6. The van der Waals surface area contributed by atoms with Crippen LogP contribution in [0.3, 0.4) is 0 Å². The van der Waals surface area contributed by atoms with E-state index in [1.54, 1.807) is 24.1 Å². The SMILES string of the molecule is C/C=C(\Cn1c(-c2ccc(OC)cc2)c(C2CCCCC2)c2ccc(C(=O)NS(=O)(=O)C3CCC3)cc21)c1c(C(=O)N2C(C)COCC2CCC)cnn1C. The Kier molecular flexibility index (Phi) is 11.6. The van der Waals surface area contributed by atoms with Gasteiger partial charge in [-0.2, -0.15) is 5.10 Å². The molecule has 2 aromatic carbocycles. The van der Waals surface area contributed by atoms with Gasteiger partial charge in [0.05, 0.1) is 60.8 Å². The summed E-state index contributed by atoms with van der Waals surface area (Å²) in [5, 5.41) is 5.15. The van der Waals surface area contributed by atoms with E-state index in [2.05, 4.69) is 33.4 Å². The summed E-state index contributed by atoms with van der Waals surface area (Å²) in [6.45, 7) is 7.53. The van der Waals surface area contributed by atoms with Crippen molar-refractivity contribution >= 4 is 38.3 Å². The Morgan fingerprint density at radius 3 is 2.42 bits per heavy atom. The fourth-order valence-electron chi connectivity index (χ4n) is 8.90. The molecule has 3 heterocycles. The highest BCUT2D eigenvalue weighted by molar-refractivity contribution is 7.90. The van der Waals surface area contributed by atoms with Crippen molar-refractivity contribution in [1.29, 1.82) is 0 Å². The number of sulfonamides is 1. The number of aromatic nitrogens is 3. The number of methoxy groups -OCH3 is 1. The summed E-state index contributed by atoms with van der Waals surface area (Å²) >= 11 is 0. The van der Waals surface area contributed by atoms with Crippen molar-refractivity contribution in [2.75, 3.05) is 20.3 Å². The van der Waals surface area contributed by atoms with Crippen molar-refractivity contribution in [3.8, 4) is 17.0 Å². The second-order valence-electron chi connectivity index (χ2n) is 15.6. The summed E-state index contributed by atoms with van der Waals surface area (Å²) in [5.41, 5.74) is 6.59. The van der Waals surface area contributed by atoms with Crippen molar-refractivity contribution in [3.63, 3.8) is 0 Å². The van der Waals surface area contributed by atoms with E-state index in [9.17, 15) is 18.0 Å². The van der Waals surface area contributed by atoms with Gasteiger partial charge in [0.2, 0.25) is 10.0 Å². The van der Waals surface area contributed by atoms with E-state index < -0.39 is 21.2 Å². The first kappa shape index (κ1) is 38.8. The van der Waals surface area contributed by atoms with E-state index in [1.165, 1.54) is 12.0 Å². The average Bonchev–Trinajstić information content (AvgIpc) is 3.70. The molecule has 4 aromatic rings. The molecule has 11 nitrogen and oxygen atoms in total. The third-order valence-corrected chi connectivity index (χ3v) is 13.8. The number of fused-ring (bicyclic) bond motifs is 1. The molecule has 1 N–H and O–H groups in total. The molecule has 1 aliphatic heterocycles. The molecule has 0 radical (unpaired) electrons. The lowest BCUT2D eigenvalue weighted by Gasteiger charge is -2.40. The quantitative estimate of drug-likeness (QED) is 0.156. The van der Waals surface area contributed by atoms with Crippen LogP contribution in [-0.2, 0) is 28.4 Å². The molecule has 55 heavy (non-hydrogen) atoms. The van der Waals surface area contributed by atoms with Gasteiger partial charge in [-0.1, -0.05) is 51.2 Å². The van der Waals surface area contributed by atoms with Crippen LogP contribution in [0.5, 0.6) is 5.75 Å². The van der Waals surface area contributed by atoms with Crippen LogP contribution >= 0.6 is 0 Å². The fraction of sp³-hybridized carbons (Fsp3) is 0.512. The van der Waals surface area contributed by atoms with Crippen molar-refractivity contribution < 1.29 is 27.5 Å². The highest BCUT2D eigenvalue weighted by Crippen LogP contribution is 2.45. The van der Waals surface area contributed by atoms with Crippen LogP contribution in [0.4, 0.5) is 0 Å². The number of amides is 2. The summed E-state index contributed by atoms with van der Waals surface area (Å²) < 4.78 is 44.0. The highest BCUT2D eigenvalue weighted by atomic mass is 32.2. The molecule has 2 aromatic heterocycles. The van der Waals surface area contributed by atoms with Gasteiger partial charge in [-0.25, -0.2) is 13.1 Å². The summed E-state index contributed by atoms with van der Waals surface area (Å²) in [5.74, 6) is 0.371. The molecule has 0 spiro atoms. The van der Waals surface area contributed by atoms with Gasteiger partial charge < -0.3 is 18.9 Å². The second-order valence-corrected chi connectivity index (χ2v) is 17.5. The van der Waals surface area contributed by atoms with Gasteiger partial charge in [0, 0.05) is 30.1 Å². The summed E-state index contributed by atoms with van der Waals surface area (Å²) in [7, 11) is -0.246. The van der Waals surface area contributed by atoms with Crippen LogP contribution in [0.15, 0.2) is 54.7 Å². The van der Waals surface area contributed by atoms with E-state index in [-0.39, 0.29) is 23.6 Å². The number of carbonyl (C=O) groups excluding carboxylic acids is 2. The lowest BCUT2D eigenvalue weighted by molar-refractivity contribution is -0.0328. The molecule has 2 unspecified atom stereocenters. The van der Waals surface area contributed by atoms with Gasteiger partial charge in [0.15, 0.2) is 0 Å². The normalized spacial score (nSPS) is 20.1. The molecule has 3 aliphatic rings. The van der Waals surface area contributed by atoms with Gasteiger partial charge in [-0.05, 0) is 105 Å². The number of carbonyl (C=O) groups is 2. The minimum absolute atomic E-state index is 0.0193. The Hall–Kier alpha value is -4.42. The zero-order chi connectivity index (χ0) is 38.9. The number of allylic oxidation sites excluding steroid dienone is 2. The number of benzene rings is 2. The molecular weight excluding hydrogens is 715 g/mol. The first-order valence-electron chi connectivity index (χ1n) is 20.0. The zero-order valence-corrected chi connectivity index (χ0v) is 33.7. The van der Waals surface area contributed by atoms with Crippen LogP contribution in [0.1, 0.15) is 123 Å². The zero-order valence-electron chi connectivity index (χ0n) is 32.8. The minimum Gasteiger partial charge on any atom is -0.497 e. The Labute approximate surface area is 325 Å². The number of morpholine rings is 1. The van der Waals surface area contributed by atoms with E-state index >= 15 is 0 Å². The van der Waals surface area contributed by atoms with Gasteiger partial charge in [0.1, 0.15) is 5.75 Å². The number of hydrogen-bond acceptors (Lipinski definition) is 7. The molecule has 294 valence electrons. The van der Waals surface area contributed by atoms with Crippen LogP contribution in [0, 0.1) is 0 Å². The number of ether oxygens (including phenoxy) is 2. The largest absolute Gasteiger partial charge is 0.497 e. The van der Waals surface area contributed by atoms with Gasteiger partial charge in [-0.3, -0.25) is 14.3 Å². The molecule has 2 atom stereocenters. The minimum atomic E-state index is -3.78. The van der Waals surface area contributed by atoms with Crippen LogP contribution in [-0.4, -0.2) is 77.1 Å². The number of nitrogens with one attached hydrogen (secondary N) is 1. The second kappa shape index (κ2) is 16.4. The predicted octanol–water partition coefficient (Wildman–Crippen LogP) is 7.84. The van der Waals surface area contributed by atoms with Gasteiger partial charge in [-0.15, -0.1) is 0 Å². The van der Waals surface area contributed by atoms with E-state index in [1.807, 2.05) is 56.1 Å². The van der Waals surface area contributed by atoms with Crippen molar-refractivity contribution in [3.05, 3.63) is 77.1 Å². The van der Waals surface area contributed by atoms with E-state index in [0.29, 0.717) is 44.1 Å². The number of rotatable bonds is 12. The standard InChI is InChI=1S/C43H55N5O6S/c1-6-12-33-27-54-26-28(3)48(33)43(50)37-24-44-46(4)40(37)29(7-2)25-47-38-23-32(42(49)45-55(51,52)35-15-11-16-35)19-22-36(38)39(30-13-9-8-10-14-30)41(47)31-17-20-34(53-5)21-18-31/h7,17-24,28,30,33,35H,6,8-16,25-27H2,1-5H3,(H,45,49)/b29-7+. The third kappa shape index (κ3) is 7.59. The highest BCUT2D eigenvalue weighted by Gasteiger charge is 2.36. The maximum absolute atomic E-state index is 14.6.